The van der Waals surface area contributed by atoms with Gasteiger partial charge in [-0.2, -0.15) is 0 Å². The fourth-order valence-corrected chi connectivity index (χ4v) is 3.48. The van der Waals surface area contributed by atoms with Crippen LogP contribution in [0.1, 0.15) is 58.8 Å². The van der Waals surface area contributed by atoms with Crippen LogP contribution < -0.4 is 11.1 Å². The van der Waals surface area contributed by atoms with Crippen molar-refractivity contribution in [2.75, 3.05) is 0 Å². The van der Waals surface area contributed by atoms with Gasteiger partial charge in [0.1, 0.15) is 0 Å². The predicted molar refractivity (Wildman–Crippen MR) is 74.0 cm³/mol. The van der Waals surface area contributed by atoms with Gasteiger partial charge in [0.15, 0.2) is 0 Å². The molecule has 2 fully saturated rings. The normalized spacial score (nSPS) is 41.4. The number of hydrogen-bond donors (Lipinski definition) is 2. The van der Waals surface area contributed by atoms with Crippen LogP contribution in [-0.4, -0.2) is 18.0 Å². The van der Waals surface area contributed by atoms with E-state index in [1.807, 2.05) is 0 Å². The fourth-order valence-electron chi connectivity index (χ4n) is 3.48. The number of carbonyl (C=O) groups is 1. The summed E-state index contributed by atoms with van der Waals surface area (Å²) >= 11 is 0. The summed E-state index contributed by atoms with van der Waals surface area (Å²) in [6.07, 6.45) is 7.87. The molecule has 0 radical (unpaired) electrons. The fraction of sp³-hybridized carbons (Fsp3) is 0.933. The molecule has 2 rings (SSSR count). The monoisotopic (exact) mass is 252 g/mol. The second kappa shape index (κ2) is 6.05. The van der Waals surface area contributed by atoms with E-state index >= 15 is 0 Å². The van der Waals surface area contributed by atoms with Gasteiger partial charge in [0.25, 0.3) is 0 Å². The van der Waals surface area contributed by atoms with Crippen molar-refractivity contribution in [3.05, 3.63) is 0 Å². The summed E-state index contributed by atoms with van der Waals surface area (Å²) in [7, 11) is 0. The summed E-state index contributed by atoms with van der Waals surface area (Å²) < 4.78 is 0. The van der Waals surface area contributed by atoms with Crippen molar-refractivity contribution in [1.29, 1.82) is 0 Å². The van der Waals surface area contributed by atoms with Crippen LogP contribution in [0.5, 0.6) is 0 Å². The number of nitrogens with two attached hydrogens (primary N) is 1. The van der Waals surface area contributed by atoms with Crippen molar-refractivity contribution >= 4 is 5.91 Å². The molecule has 5 unspecified atom stereocenters. The van der Waals surface area contributed by atoms with Gasteiger partial charge >= 0.3 is 0 Å². The topological polar surface area (TPSA) is 55.1 Å². The third-order valence-electron chi connectivity index (χ3n) is 4.91. The van der Waals surface area contributed by atoms with Crippen LogP contribution >= 0.6 is 0 Å². The highest BCUT2D eigenvalue weighted by Crippen LogP contribution is 2.29. The van der Waals surface area contributed by atoms with Crippen LogP contribution in [-0.2, 0) is 4.79 Å². The summed E-state index contributed by atoms with van der Waals surface area (Å²) in [5, 5.41) is 3.26. The van der Waals surface area contributed by atoms with Crippen LogP contribution in [0.2, 0.25) is 0 Å². The summed E-state index contributed by atoms with van der Waals surface area (Å²) in [5.41, 5.74) is 6.08. The zero-order valence-electron chi connectivity index (χ0n) is 11.8. The predicted octanol–water partition coefficient (Wildman–Crippen LogP) is 2.44. The van der Waals surface area contributed by atoms with Crippen LogP contribution in [0.15, 0.2) is 0 Å². The van der Waals surface area contributed by atoms with E-state index in [-0.39, 0.29) is 17.9 Å². The van der Waals surface area contributed by atoms with E-state index in [0.29, 0.717) is 12.0 Å². The van der Waals surface area contributed by atoms with Crippen LogP contribution in [0.25, 0.3) is 0 Å². The molecule has 2 aliphatic rings. The van der Waals surface area contributed by atoms with Crippen molar-refractivity contribution < 1.29 is 4.79 Å². The van der Waals surface area contributed by atoms with E-state index in [0.717, 1.165) is 38.0 Å². The van der Waals surface area contributed by atoms with Crippen molar-refractivity contribution in [3.63, 3.8) is 0 Å². The summed E-state index contributed by atoms with van der Waals surface area (Å²) in [6, 6.07) is 0.622. The first-order valence-electron chi connectivity index (χ1n) is 7.62. The number of rotatable bonds is 2. The van der Waals surface area contributed by atoms with E-state index in [2.05, 4.69) is 19.2 Å². The van der Waals surface area contributed by atoms with Gasteiger partial charge in [0, 0.05) is 18.0 Å². The van der Waals surface area contributed by atoms with Gasteiger partial charge in [-0.25, -0.2) is 0 Å². The maximum Gasteiger partial charge on any atom is 0.223 e. The number of carbonyl (C=O) groups excluding carboxylic acids is 1. The molecule has 2 aliphatic carbocycles. The summed E-state index contributed by atoms with van der Waals surface area (Å²) in [6.45, 7) is 4.48. The average molecular weight is 252 g/mol. The van der Waals surface area contributed by atoms with Crippen molar-refractivity contribution in [3.8, 4) is 0 Å². The molecule has 18 heavy (non-hydrogen) atoms. The van der Waals surface area contributed by atoms with E-state index < -0.39 is 0 Å². The molecule has 1 amide bonds. The smallest absolute Gasteiger partial charge is 0.223 e. The molecule has 0 aromatic carbocycles. The van der Waals surface area contributed by atoms with Gasteiger partial charge in [0.2, 0.25) is 5.91 Å². The van der Waals surface area contributed by atoms with Crippen LogP contribution in [0, 0.1) is 17.8 Å². The molecule has 3 nitrogen and oxygen atoms in total. The Labute approximate surface area is 111 Å². The highest BCUT2D eigenvalue weighted by atomic mass is 16.1. The maximum absolute atomic E-state index is 12.3. The van der Waals surface area contributed by atoms with Crippen molar-refractivity contribution in [2.24, 2.45) is 23.5 Å². The van der Waals surface area contributed by atoms with Gasteiger partial charge in [0.05, 0.1) is 0 Å². The largest absolute Gasteiger partial charge is 0.353 e. The molecule has 5 atom stereocenters. The Morgan fingerprint density at radius 3 is 2.56 bits per heavy atom. The number of nitrogens with one attached hydrogen (secondary N) is 1. The Kier molecular flexibility index (Phi) is 4.66. The lowest BCUT2D eigenvalue weighted by molar-refractivity contribution is -0.127. The molecule has 0 aliphatic heterocycles. The average Bonchev–Trinajstić information content (AvgIpc) is 2.32. The van der Waals surface area contributed by atoms with Gasteiger partial charge in [-0.1, -0.05) is 26.7 Å². The molecule has 3 heteroatoms. The Bertz CT molecular complexity index is 292. The van der Waals surface area contributed by atoms with Crippen molar-refractivity contribution in [1.82, 2.24) is 5.32 Å². The van der Waals surface area contributed by atoms with E-state index in [1.165, 1.54) is 12.8 Å². The lowest BCUT2D eigenvalue weighted by atomic mass is 9.79. The highest BCUT2D eigenvalue weighted by Gasteiger charge is 2.31. The van der Waals surface area contributed by atoms with E-state index in [1.54, 1.807) is 0 Å². The molecular weight excluding hydrogens is 224 g/mol. The Morgan fingerprint density at radius 1 is 1.11 bits per heavy atom. The van der Waals surface area contributed by atoms with E-state index in [4.69, 9.17) is 5.73 Å². The van der Waals surface area contributed by atoms with Gasteiger partial charge < -0.3 is 11.1 Å². The van der Waals surface area contributed by atoms with Gasteiger partial charge in [-0.15, -0.1) is 0 Å². The highest BCUT2D eigenvalue weighted by molar-refractivity contribution is 5.79. The lowest BCUT2D eigenvalue weighted by Crippen LogP contribution is -2.45. The zero-order chi connectivity index (χ0) is 13.1. The Hall–Kier alpha value is -0.570. The minimum atomic E-state index is 0.161. The first kappa shape index (κ1) is 13.9. The standard InChI is InChI=1S/C15H28N2O/c1-10-4-3-5-13(8-10)17-15(18)12-7-6-11(2)14(16)9-12/h10-14H,3-9,16H2,1-2H3,(H,17,18). The second-order valence-electron chi connectivity index (χ2n) is 6.63. The molecular formula is C15H28N2O. The number of amides is 1. The molecule has 0 heterocycles. The first-order chi connectivity index (χ1) is 8.56. The maximum atomic E-state index is 12.3. The minimum Gasteiger partial charge on any atom is -0.353 e. The zero-order valence-corrected chi connectivity index (χ0v) is 11.8. The Morgan fingerprint density at radius 2 is 1.89 bits per heavy atom. The molecule has 3 N–H and O–H groups in total. The van der Waals surface area contributed by atoms with Gasteiger partial charge in [-0.05, 0) is 43.9 Å². The van der Waals surface area contributed by atoms with Crippen LogP contribution in [0.4, 0.5) is 0 Å². The quantitative estimate of drug-likeness (QED) is 0.793. The summed E-state index contributed by atoms with van der Waals surface area (Å²) in [4.78, 5) is 12.3. The van der Waals surface area contributed by atoms with Crippen molar-refractivity contribution in [2.45, 2.75) is 70.9 Å². The van der Waals surface area contributed by atoms with Gasteiger partial charge in [-0.3, -0.25) is 4.79 Å². The SMILES string of the molecule is CC1CCCC(NC(=O)C2CCC(C)C(N)C2)C1. The minimum absolute atomic E-state index is 0.161. The molecule has 0 aromatic rings. The molecule has 0 spiro atoms. The van der Waals surface area contributed by atoms with Crippen LogP contribution in [0.3, 0.4) is 0 Å². The molecule has 2 saturated carbocycles. The third-order valence-corrected chi connectivity index (χ3v) is 4.91. The molecule has 0 bridgehead atoms. The molecule has 104 valence electrons. The lowest BCUT2D eigenvalue weighted by Gasteiger charge is -2.33. The summed E-state index contributed by atoms with van der Waals surface area (Å²) in [5.74, 6) is 1.76. The molecule has 0 saturated heterocycles. The second-order valence-corrected chi connectivity index (χ2v) is 6.63. The number of hydrogen-bond acceptors (Lipinski definition) is 2. The first-order valence-corrected chi connectivity index (χ1v) is 7.62. The van der Waals surface area contributed by atoms with E-state index in [9.17, 15) is 4.79 Å². The molecule has 0 aromatic heterocycles. The third kappa shape index (κ3) is 3.47. The Balaban J connectivity index is 1.80.